The fourth-order valence-electron chi connectivity index (χ4n) is 2.93. The third-order valence-electron chi connectivity index (χ3n) is 4.45. The maximum atomic E-state index is 11.0. The molecule has 0 atom stereocenters. The number of carboxylic acids is 3. The predicted molar refractivity (Wildman–Crippen MR) is 94.3 cm³/mol. The Kier molecular flexibility index (Phi) is 10.1. The van der Waals surface area contributed by atoms with Gasteiger partial charge in [0.25, 0.3) is 0 Å². The fraction of sp³-hybridized carbons (Fsp3) is 0.812. The van der Waals surface area contributed by atoms with Gasteiger partial charge in [0.05, 0.1) is 19.6 Å². The molecule has 0 bridgehead atoms. The fourth-order valence-corrected chi connectivity index (χ4v) is 2.93. The lowest BCUT2D eigenvalue weighted by Gasteiger charge is -2.27. The molecule has 0 unspecified atom stereocenters. The lowest BCUT2D eigenvalue weighted by atomic mass is 10.3. The van der Waals surface area contributed by atoms with Crippen molar-refractivity contribution >= 4 is 17.9 Å². The SMILES string of the molecule is CCN(CCN1CCN(CC(=O)O)CCN(CC(=O)O)CC1)CC(=O)O. The summed E-state index contributed by atoms with van der Waals surface area (Å²) in [5, 5.41) is 27.0. The molecule has 0 radical (unpaired) electrons. The van der Waals surface area contributed by atoms with Gasteiger partial charge in [0.2, 0.25) is 0 Å². The third kappa shape index (κ3) is 9.66. The number of aliphatic carboxylic acids is 3. The zero-order valence-corrected chi connectivity index (χ0v) is 15.3. The van der Waals surface area contributed by atoms with Crippen LogP contribution >= 0.6 is 0 Å². The molecule has 26 heavy (non-hydrogen) atoms. The zero-order chi connectivity index (χ0) is 19.5. The van der Waals surface area contributed by atoms with Crippen LogP contribution in [0.2, 0.25) is 0 Å². The summed E-state index contributed by atoms with van der Waals surface area (Å²) < 4.78 is 0. The average Bonchev–Trinajstić information content (AvgIpc) is 2.63. The van der Waals surface area contributed by atoms with Crippen LogP contribution in [0, 0.1) is 0 Å². The smallest absolute Gasteiger partial charge is 0.317 e. The molecule has 0 spiro atoms. The Labute approximate surface area is 153 Å². The van der Waals surface area contributed by atoms with E-state index in [0.717, 1.165) is 0 Å². The van der Waals surface area contributed by atoms with Crippen molar-refractivity contribution in [3.63, 3.8) is 0 Å². The van der Waals surface area contributed by atoms with Crippen molar-refractivity contribution in [2.45, 2.75) is 6.92 Å². The highest BCUT2D eigenvalue weighted by Crippen LogP contribution is 2.02. The topological polar surface area (TPSA) is 125 Å². The molecular weight excluding hydrogens is 344 g/mol. The molecule has 0 aromatic rings. The molecule has 1 aliphatic heterocycles. The number of likely N-dealkylation sites (N-methyl/N-ethyl adjacent to an activating group) is 1. The maximum absolute atomic E-state index is 11.0. The van der Waals surface area contributed by atoms with Gasteiger partial charge in [0.1, 0.15) is 0 Å². The van der Waals surface area contributed by atoms with Crippen LogP contribution in [0.4, 0.5) is 0 Å². The van der Waals surface area contributed by atoms with Gasteiger partial charge in [0, 0.05) is 52.4 Å². The third-order valence-corrected chi connectivity index (χ3v) is 4.45. The molecule has 10 nitrogen and oxygen atoms in total. The van der Waals surface area contributed by atoms with E-state index in [1.54, 1.807) is 0 Å². The largest absolute Gasteiger partial charge is 0.480 e. The first-order chi connectivity index (χ1) is 12.3. The molecule has 10 heteroatoms. The summed E-state index contributed by atoms with van der Waals surface area (Å²) in [6.07, 6.45) is 0. The first-order valence-corrected chi connectivity index (χ1v) is 8.85. The van der Waals surface area contributed by atoms with Crippen LogP contribution < -0.4 is 0 Å². The van der Waals surface area contributed by atoms with E-state index < -0.39 is 17.9 Å². The second-order valence-electron chi connectivity index (χ2n) is 6.44. The highest BCUT2D eigenvalue weighted by molar-refractivity contribution is 5.69. The molecule has 1 fully saturated rings. The molecule has 1 saturated heterocycles. The van der Waals surface area contributed by atoms with E-state index in [4.69, 9.17) is 15.3 Å². The summed E-state index contributed by atoms with van der Waals surface area (Å²) in [5.74, 6) is -2.67. The van der Waals surface area contributed by atoms with E-state index in [1.807, 2.05) is 21.6 Å². The van der Waals surface area contributed by atoms with E-state index in [2.05, 4.69) is 4.90 Å². The Balaban J connectivity index is 2.66. The van der Waals surface area contributed by atoms with E-state index >= 15 is 0 Å². The zero-order valence-electron chi connectivity index (χ0n) is 15.3. The Bertz CT molecular complexity index is 448. The summed E-state index contributed by atoms with van der Waals surface area (Å²) >= 11 is 0. The standard InChI is InChI=1S/C16H30N4O6/c1-2-17(11-14(21)22)3-4-18-5-7-19(12-15(23)24)9-10-20(8-6-18)13-16(25)26/h2-13H2,1H3,(H,21,22)(H,23,24)(H,25,26). The van der Waals surface area contributed by atoms with Crippen molar-refractivity contribution in [1.29, 1.82) is 0 Å². The molecule has 0 aromatic carbocycles. The summed E-state index contributed by atoms with van der Waals surface area (Å²) in [7, 11) is 0. The first-order valence-electron chi connectivity index (χ1n) is 8.85. The van der Waals surface area contributed by atoms with Crippen LogP contribution in [0.5, 0.6) is 0 Å². The molecule has 1 heterocycles. The van der Waals surface area contributed by atoms with Crippen LogP contribution in [0.1, 0.15) is 6.92 Å². The first kappa shape index (κ1) is 22.3. The molecule has 0 saturated carbocycles. The maximum Gasteiger partial charge on any atom is 0.317 e. The predicted octanol–water partition coefficient (Wildman–Crippen LogP) is -1.52. The Morgan fingerprint density at radius 3 is 1.54 bits per heavy atom. The molecule has 0 aromatic heterocycles. The van der Waals surface area contributed by atoms with Crippen molar-refractivity contribution in [2.24, 2.45) is 0 Å². The van der Waals surface area contributed by atoms with Crippen LogP contribution in [-0.4, -0.2) is 131 Å². The van der Waals surface area contributed by atoms with Crippen molar-refractivity contribution < 1.29 is 29.7 Å². The van der Waals surface area contributed by atoms with Gasteiger partial charge in [-0.2, -0.15) is 0 Å². The lowest BCUT2D eigenvalue weighted by molar-refractivity contribution is -0.140. The van der Waals surface area contributed by atoms with E-state index in [0.29, 0.717) is 58.9 Å². The van der Waals surface area contributed by atoms with E-state index in [-0.39, 0.29) is 19.6 Å². The molecule has 150 valence electrons. The van der Waals surface area contributed by atoms with Gasteiger partial charge in [-0.3, -0.25) is 34.0 Å². The number of carboxylic acid groups (broad SMARTS) is 3. The number of rotatable bonds is 10. The van der Waals surface area contributed by atoms with Gasteiger partial charge in [-0.05, 0) is 6.54 Å². The van der Waals surface area contributed by atoms with Gasteiger partial charge < -0.3 is 15.3 Å². The minimum absolute atomic E-state index is 0.0133. The minimum Gasteiger partial charge on any atom is -0.480 e. The lowest BCUT2D eigenvalue weighted by Crippen LogP contribution is -2.42. The molecule has 0 aliphatic carbocycles. The average molecular weight is 374 g/mol. The van der Waals surface area contributed by atoms with Gasteiger partial charge in [-0.1, -0.05) is 6.92 Å². The number of nitrogens with zero attached hydrogens (tertiary/aromatic N) is 4. The van der Waals surface area contributed by atoms with Gasteiger partial charge >= 0.3 is 17.9 Å². The highest BCUT2D eigenvalue weighted by atomic mass is 16.4. The minimum atomic E-state index is -0.904. The normalized spacial score (nSPS) is 18.2. The summed E-state index contributed by atoms with van der Waals surface area (Å²) in [4.78, 5) is 40.5. The van der Waals surface area contributed by atoms with Gasteiger partial charge in [0.15, 0.2) is 0 Å². The second kappa shape index (κ2) is 11.8. The highest BCUT2D eigenvalue weighted by Gasteiger charge is 2.19. The molecule has 1 aliphatic rings. The monoisotopic (exact) mass is 374 g/mol. The Hall–Kier alpha value is -1.75. The number of carbonyl (C=O) groups is 3. The quantitative estimate of drug-likeness (QED) is 0.415. The molecule has 0 amide bonds. The van der Waals surface area contributed by atoms with E-state index in [9.17, 15) is 14.4 Å². The molecule has 3 N–H and O–H groups in total. The second-order valence-corrected chi connectivity index (χ2v) is 6.44. The van der Waals surface area contributed by atoms with Crippen LogP contribution in [0.25, 0.3) is 0 Å². The summed E-state index contributed by atoms with van der Waals surface area (Å²) in [6, 6.07) is 0. The summed E-state index contributed by atoms with van der Waals surface area (Å²) in [6.45, 7) is 7.14. The molecular formula is C16H30N4O6. The van der Waals surface area contributed by atoms with Crippen molar-refractivity contribution in [1.82, 2.24) is 19.6 Å². The van der Waals surface area contributed by atoms with Gasteiger partial charge in [-0.25, -0.2) is 0 Å². The number of hydrogen-bond acceptors (Lipinski definition) is 7. The van der Waals surface area contributed by atoms with Crippen molar-refractivity contribution in [3.8, 4) is 0 Å². The Morgan fingerprint density at radius 2 is 1.19 bits per heavy atom. The Morgan fingerprint density at radius 1 is 0.769 bits per heavy atom. The van der Waals surface area contributed by atoms with Crippen LogP contribution in [-0.2, 0) is 14.4 Å². The molecule has 1 rings (SSSR count). The van der Waals surface area contributed by atoms with Crippen molar-refractivity contribution in [2.75, 3.05) is 78.5 Å². The van der Waals surface area contributed by atoms with E-state index in [1.165, 1.54) is 0 Å². The van der Waals surface area contributed by atoms with Gasteiger partial charge in [-0.15, -0.1) is 0 Å². The van der Waals surface area contributed by atoms with Crippen LogP contribution in [0.15, 0.2) is 0 Å². The van der Waals surface area contributed by atoms with Crippen molar-refractivity contribution in [3.05, 3.63) is 0 Å². The van der Waals surface area contributed by atoms with Crippen LogP contribution in [0.3, 0.4) is 0 Å². The summed E-state index contributed by atoms with van der Waals surface area (Å²) in [5.41, 5.74) is 0. The number of hydrogen-bond donors (Lipinski definition) is 3.